The molecule has 1 aromatic rings. The molecule has 1 atom stereocenters. The summed E-state index contributed by atoms with van der Waals surface area (Å²) in [6.07, 6.45) is 0.768. The molecule has 1 aromatic carbocycles. The lowest BCUT2D eigenvalue weighted by atomic mass is 9.98. The molecule has 2 N–H and O–H groups in total. The van der Waals surface area contributed by atoms with Gasteiger partial charge in [-0.2, -0.15) is 0 Å². The summed E-state index contributed by atoms with van der Waals surface area (Å²) < 4.78 is 0. The van der Waals surface area contributed by atoms with Crippen molar-refractivity contribution in [2.24, 2.45) is 0 Å². The molecule has 92 valence electrons. The molecule has 0 radical (unpaired) electrons. The van der Waals surface area contributed by atoms with Crippen LogP contribution in [-0.4, -0.2) is 25.0 Å². The first-order valence-corrected chi connectivity index (χ1v) is 6.27. The number of piperazine rings is 1. The second-order valence-corrected chi connectivity index (χ2v) is 4.90. The van der Waals surface area contributed by atoms with Gasteiger partial charge < -0.3 is 10.6 Å². The van der Waals surface area contributed by atoms with Crippen LogP contribution in [0.2, 0.25) is 0 Å². The van der Waals surface area contributed by atoms with Crippen LogP contribution in [0.5, 0.6) is 0 Å². The van der Waals surface area contributed by atoms with E-state index < -0.39 is 0 Å². The summed E-state index contributed by atoms with van der Waals surface area (Å²) in [5.74, 6) is 0.671. The van der Waals surface area contributed by atoms with E-state index in [1.165, 1.54) is 11.1 Å². The Morgan fingerprint density at radius 2 is 1.94 bits per heavy atom. The normalized spacial score (nSPS) is 20.4. The first-order valence-electron chi connectivity index (χ1n) is 6.27. The van der Waals surface area contributed by atoms with E-state index in [0.29, 0.717) is 5.92 Å². The molecule has 0 spiro atoms. The molecular formula is C14H20N2O. The Labute approximate surface area is 103 Å². The average molecular weight is 232 g/mol. The van der Waals surface area contributed by atoms with Gasteiger partial charge in [-0.1, -0.05) is 38.1 Å². The first kappa shape index (κ1) is 12.1. The van der Waals surface area contributed by atoms with Crippen LogP contribution in [0.1, 0.15) is 30.9 Å². The molecule has 1 aliphatic rings. The number of amides is 1. The molecule has 0 saturated carbocycles. The fourth-order valence-corrected chi connectivity index (χ4v) is 2.09. The Hall–Kier alpha value is -1.35. The molecule has 0 aromatic heterocycles. The maximum atomic E-state index is 11.6. The third-order valence-corrected chi connectivity index (χ3v) is 3.22. The van der Waals surface area contributed by atoms with Crippen molar-refractivity contribution in [1.82, 2.24) is 10.6 Å². The third kappa shape index (κ3) is 3.07. The zero-order chi connectivity index (χ0) is 12.3. The van der Waals surface area contributed by atoms with E-state index in [-0.39, 0.29) is 11.9 Å². The van der Waals surface area contributed by atoms with Gasteiger partial charge in [-0.15, -0.1) is 0 Å². The van der Waals surface area contributed by atoms with Crippen LogP contribution in [0, 0.1) is 0 Å². The minimum absolute atomic E-state index is 0.0753. The van der Waals surface area contributed by atoms with E-state index in [4.69, 9.17) is 0 Å². The van der Waals surface area contributed by atoms with Crippen LogP contribution in [0.25, 0.3) is 0 Å². The Morgan fingerprint density at radius 3 is 2.53 bits per heavy atom. The van der Waals surface area contributed by atoms with Gasteiger partial charge >= 0.3 is 0 Å². The Kier molecular flexibility index (Phi) is 3.79. The van der Waals surface area contributed by atoms with E-state index in [1.54, 1.807) is 0 Å². The van der Waals surface area contributed by atoms with Crippen LogP contribution in [0.4, 0.5) is 0 Å². The van der Waals surface area contributed by atoms with Gasteiger partial charge in [0, 0.05) is 13.1 Å². The van der Waals surface area contributed by atoms with E-state index in [1.807, 2.05) is 0 Å². The zero-order valence-electron chi connectivity index (χ0n) is 10.5. The molecule has 17 heavy (non-hydrogen) atoms. The third-order valence-electron chi connectivity index (χ3n) is 3.22. The fraction of sp³-hybridized carbons (Fsp3) is 0.500. The first-order chi connectivity index (χ1) is 8.16. The fourth-order valence-electron chi connectivity index (χ4n) is 2.09. The second-order valence-electron chi connectivity index (χ2n) is 4.90. The van der Waals surface area contributed by atoms with E-state index >= 15 is 0 Å². The Morgan fingerprint density at radius 1 is 1.24 bits per heavy atom. The number of carbonyl (C=O) groups is 1. The van der Waals surface area contributed by atoms with Gasteiger partial charge in [0.1, 0.15) is 0 Å². The van der Waals surface area contributed by atoms with Crippen molar-refractivity contribution in [3.8, 4) is 0 Å². The molecule has 3 heteroatoms. The van der Waals surface area contributed by atoms with Crippen molar-refractivity contribution >= 4 is 5.91 Å². The molecule has 1 saturated heterocycles. The summed E-state index contributed by atoms with van der Waals surface area (Å²) >= 11 is 0. The molecule has 0 bridgehead atoms. The Balaban J connectivity index is 2.00. The van der Waals surface area contributed by atoms with Crippen LogP contribution >= 0.6 is 0 Å². The van der Waals surface area contributed by atoms with Gasteiger partial charge in [-0.05, 0) is 23.5 Å². The van der Waals surface area contributed by atoms with Crippen molar-refractivity contribution in [3.05, 3.63) is 35.4 Å². The quantitative estimate of drug-likeness (QED) is 0.828. The molecule has 0 aliphatic carbocycles. The predicted octanol–water partition coefficient (Wildman–Crippen LogP) is 1.44. The molecule has 2 rings (SSSR count). The number of hydrogen-bond donors (Lipinski definition) is 2. The SMILES string of the molecule is CC(C)c1ccc(C[C@@H]2NCCNC2=O)cc1. The van der Waals surface area contributed by atoms with Gasteiger partial charge in [-0.3, -0.25) is 4.79 Å². The molecular weight excluding hydrogens is 212 g/mol. The van der Waals surface area contributed by atoms with Gasteiger partial charge in [0.2, 0.25) is 5.91 Å². The van der Waals surface area contributed by atoms with E-state index in [0.717, 1.165) is 19.5 Å². The highest BCUT2D eigenvalue weighted by molar-refractivity contribution is 5.82. The van der Waals surface area contributed by atoms with Gasteiger partial charge in [-0.25, -0.2) is 0 Å². The van der Waals surface area contributed by atoms with Crippen molar-refractivity contribution in [2.75, 3.05) is 13.1 Å². The highest BCUT2D eigenvalue weighted by Crippen LogP contribution is 2.15. The molecule has 1 aliphatic heterocycles. The maximum absolute atomic E-state index is 11.6. The van der Waals surface area contributed by atoms with Gasteiger partial charge in [0.15, 0.2) is 0 Å². The average Bonchev–Trinajstić information content (AvgIpc) is 2.33. The topological polar surface area (TPSA) is 41.1 Å². The number of benzene rings is 1. The zero-order valence-corrected chi connectivity index (χ0v) is 10.5. The van der Waals surface area contributed by atoms with Gasteiger partial charge in [0.25, 0.3) is 0 Å². The molecule has 1 heterocycles. The van der Waals surface area contributed by atoms with Crippen molar-refractivity contribution in [2.45, 2.75) is 32.2 Å². The van der Waals surface area contributed by atoms with Crippen molar-refractivity contribution in [1.29, 1.82) is 0 Å². The van der Waals surface area contributed by atoms with Crippen LogP contribution < -0.4 is 10.6 Å². The molecule has 0 unspecified atom stereocenters. The maximum Gasteiger partial charge on any atom is 0.237 e. The lowest BCUT2D eigenvalue weighted by molar-refractivity contribution is -0.124. The number of carbonyl (C=O) groups excluding carboxylic acids is 1. The lowest BCUT2D eigenvalue weighted by Gasteiger charge is -2.23. The van der Waals surface area contributed by atoms with Crippen LogP contribution in [-0.2, 0) is 11.2 Å². The molecule has 3 nitrogen and oxygen atoms in total. The minimum atomic E-state index is -0.0753. The predicted molar refractivity (Wildman–Crippen MR) is 69.0 cm³/mol. The van der Waals surface area contributed by atoms with E-state index in [9.17, 15) is 4.79 Å². The van der Waals surface area contributed by atoms with Gasteiger partial charge in [0.05, 0.1) is 6.04 Å². The monoisotopic (exact) mass is 232 g/mol. The summed E-state index contributed by atoms with van der Waals surface area (Å²) in [4.78, 5) is 11.6. The minimum Gasteiger partial charge on any atom is -0.353 e. The van der Waals surface area contributed by atoms with Crippen molar-refractivity contribution in [3.63, 3.8) is 0 Å². The Bertz CT molecular complexity index is 384. The van der Waals surface area contributed by atoms with Crippen LogP contribution in [0.3, 0.4) is 0 Å². The molecule has 1 fully saturated rings. The smallest absolute Gasteiger partial charge is 0.237 e. The second kappa shape index (κ2) is 5.32. The number of hydrogen-bond acceptors (Lipinski definition) is 2. The summed E-state index contributed by atoms with van der Waals surface area (Å²) in [6.45, 7) is 5.97. The largest absolute Gasteiger partial charge is 0.353 e. The summed E-state index contributed by atoms with van der Waals surface area (Å²) in [5, 5.41) is 6.12. The highest BCUT2D eigenvalue weighted by atomic mass is 16.2. The lowest BCUT2D eigenvalue weighted by Crippen LogP contribution is -2.53. The van der Waals surface area contributed by atoms with Crippen molar-refractivity contribution < 1.29 is 4.79 Å². The summed E-state index contributed by atoms with van der Waals surface area (Å²) in [7, 11) is 0. The number of nitrogens with one attached hydrogen (secondary N) is 2. The van der Waals surface area contributed by atoms with E-state index in [2.05, 4.69) is 48.7 Å². The highest BCUT2D eigenvalue weighted by Gasteiger charge is 2.21. The molecule has 1 amide bonds. The van der Waals surface area contributed by atoms with Crippen LogP contribution in [0.15, 0.2) is 24.3 Å². The summed E-state index contributed by atoms with van der Waals surface area (Å²) in [5.41, 5.74) is 2.55. The summed E-state index contributed by atoms with van der Waals surface area (Å²) in [6, 6.07) is 8.48. The standard InChI is InChI=1S/C14H20N2O/c1-10(2)12-5-3-11(4-6-12)9-13-14(17)16-8-7-15-13/h3-6,10,13,15H,7-9H2,1-2H3,(H,16,17)/t13-/m0/s1. The number of rotatable bonds is 3.